The Hall–Kier alpha value is -0.780. The van der Waals surface area contributed by atoms with Crippen molar-refractivity contribution >= 4 is 27.5 Å². The predicted molar refractivity (Wildman–Crippen MR) is 61.5 cm³/mol. The monoisotopic (exact) mass is 282 g/mol. The highest BCUT2D eigenvalue weighted by molar-refractivity contribution is 9.10. The Balaban J connectivity index is 2.06. The molecule has 3 rings (SSSR count). The highest BCUT2D eigenvalue weighted by Gasteiger charge is 2.13. The molecular formula is C10H7BrN2OS. The number of nitrogens with zero attached hydrogens (tertiary/aromatic N) is 2. The van der Waals surface area contributed by atoms with E-state index in [2.05, 4.69) is 43.5 Å². The van der Waals surface area contributed by atoms with E-state index in [9.17, 15) is 0 Å². The average molecular weight is 283 g/mol. The van der Waals surface area contributed by atoms with E-state index < -0.39 is 0 Å². The fourth-order valence-electron chi connectivity index (χ4n) is 1.63. The van der Waals surface area contributed by atoms with E-state index in [0.717, 1.165) is 17.2 Å². The van der Waals surface area contributed by atoms with Gasteiger partial charge in [-0.15, -0.1) is 0 Å². The molecule has 0 amide bonds. The number of hydrogen-bond acceptors (Lipinski definition) is 4. The Morgan fingerprint density at radius 3 is 2.93 bits per heavy atom. The molecule has 15 heavy (non-hydrogen) atoms. The third kappa shape index (κ3) is 1.71. The van der Waals surface area contributed by atoms with Gasteiger partial charge in [0.25, 0.3) is 0 Å². The van der Waals surface area contributed by atoms with Crippen LogP contribution < -0.4 is 0 Å². The van der Waals surface area contributed by atoms with Gasteiger partial charge in [0.15, 0.2) is 0 Å². The molecule has 1 aliphatic rings. The lowest BCUT2D eigenvalue weighted by Crippen LogP contribution is -1.83. The summed E-state index contributed by atoms with van der Waals surface area (Å²) < 4.78 is 10.1. The van der Waals surface area contributed by atoms with Gasteiger partial charge in [0.2, 0.25) is 4.73 Å². The van der Waals surface area contributed by atoms with Crippen molar-refractivity contribution in [2.75, 3.05) is 0 Å². The van der Waals surface area contributed by atoms with E-state index in [1.807, 2.05) is 0 Å². The van der Waals surface area contributed by atoms with Crippen molar-refractivity contribution in [3.63, 3.8) is 0 Å². The molecule has 3 nitrogen and oxygen atoms in total. The standard InChI is InChI=1S/C10H7BrN2OS/c11-10-12-9(15-13-10)6-1-2-7-4-14-5-8(7)3-6/h1-3H,4-5H2. The molecule has 0 bridgehead atoms. The molecule has 0 saturated heterocycles. The van der Waals surface area contributed by atoms with Gasteiger partial charge in [0.05, 0.1) is 13.2 Å². The van der Waals surface area contributed by atoms with Crippen LogP contribution in [0.2, 0.25) is 0 Å². The minimum Gasteiger partial charge on any atom is -0.372 e. The fourth-order valence-corrected chi connectivity index (χ4v) is 2.70. The van der Waals surface area contributed by atoms with Crippen molar-refractivity contribution in [2.45, 2.75) is 13.2 Å². The van der Waals surface area contributed by atoms with Crippen molar-refractivity contribution in [1.29, 1.82) is 0 Å². The summed E-state index contributed by atoms with van der Waals surface area (Å²) in [4.78, 5) is 4.29. The summed E-state index contributed by atoms with van der Waals surface area (Å²) in [7, 11) is 0. The Labute approximate surface area is 99.4 Å². The minimum atomic E-state index is 0.652. The number of hydrogen-bond donors (Lipinski definition) is 0. The van der Waals surface area contributed by atoms with Crippen molar-refractivity contribution in [1.82, 2.24) is 9.36 Å². The zero-order valence-electron chi connectivity index (χ0n) is 7.74. The molecule has 1 aliphatic heterocycles. The van der Waals surface area contributed by atoms with Crippen molar-refractivity contribution in [2.24, 2.45) is 0 Å². The van der Waals surface area contributed by atoms with Crippen molar-refractivity contribution < 1.29 is 4.74 Å². The largest absolute Gasteiger partial charge is 0.372 e. The van der Waals surface area contributed by atoms with E-state index >= 15 is 0 Å². The quantitative estimate of drug-likeness (QED) is 0.807. The zero-order chi connectivity index (χ0) is 10.3. The number of ether oxygens (including phenoxy) is 1. The number of halogens is 1. The summed E-state index contributed by atoms with van der Waals surface area (Å²) in [6.07, 6.45) is 0. The topological polar surface area (TPSA) is 35.0 Å². The Morgan fingerprint density at radius 1 is 1.27 bits per heavy atom. The molecule has 0 radical (unpaired) electrons. The second-order valence-corrected chi connectivity index (χ2v) is 4.81. The summed E-state index contributed by atoms with van der Waals surface area (Å²) >= 11 is 4.65. The van der Waals surface area contributed by atoms with Gasteiger partial charge in [-0.1, -0.05) is 12.1 Å². The van der Waals surface area contributed by atoms with Crippen LogP contribution in [0.25, 0.3) is 10.6 Å². The highest BCUT2D eigenvalue weighted by atomic mass is 79.9. The first-order chi connectivity index (χ1) is 7.33. The molecule has 0 aliphatic carbocycles. The Bertz CT molecular complexity index is 512. The van der Waals surface area contributed by atoms with Gasteiger partial charge in [-0.2, -0.15) is 4.37 Å². The molecule has 0 saturated carbocycles. The highest BCUT2D eigenvalue weighted by Crippen LogP contribution is 2.28. The van der Waals surface area contributed by atoms with Crippen LogP contribution >= 0.6 is 27.5 Å². The van der Waals surface area contributed by atoms with E-state index in [0.29, 0.717) is 11.3 Å². The SMILES string of the molecule is Brc1nsc(-c2ccc3c(c2)COC3)n1. The minimum absolute atomic E-state index is 0.652. The van der Waals surface area contributed by atoms with Gasteiger partial charge in [0, 0.05) is 5.56 Å². The molecule has 0 unspecified atom stereocenters. The maximum Gasteiger partial charge on any atom is 0.209 e. The van der Waals surface area contributed by atoms with Crippen LogP contribution in [0, 0.1) is 0 Å². The van der Waals surface area contributed by atoms with Crippen LogP contribution in [0.1, 0.15) is 11.1 Å². The molecule has 1 aromatic carbocycles. The lowest BCUT2D eigenvalue weighted by atomic mass is 10.1. The van der Waals surface area contributed by atoms with Crippen LogP contribution in [0.15, 0.2) is 22.9 Å². The third-order valence-electron chi connectivity index (χ3n) is 2.37. The van der Waals surface area contributed by atoms with Gasteiger partial charge in [0.1, 0.15) is 5.01 Å². The van der Waals surface area contributed by atoms with Crippen LogP contribution in [0.4, 0.5) is 0 Å². The van der Waals surface area contributed by atoms with E-state index in [-0.39, 0.29) is 0 Å². The van der Waals surface area contributed by atoms with Gasteiger partial charge in [-0.3, -0.25) is 0 Å². The smallest absolute Gasteiger partial charge is 0.209 e. The Kier molecular flexibility index (Phi) is 2.31. The maximum absolute atomic E-state index is 5.37. The number of benzene rings is 1. The average Bonchev–Trinajstić information content (AvgIpc) is 2.84. The number of aromatic nitrogens is 2. The maximum atomic E-state index is 5.37. The second kappa shape index (κ2) is 3.66. The van der Waals surface area contributed by atoms with Crippen LogP contribution in [-0.2, 0) is 18.0 Å². The molecule has 2 aromatic rings. The number of rotatable bonds is 1. The molecule has 0 atom stereocenters. The first kappa shape index (κ1) is 9.45. The second-order valence-electron chi connectivity index (χ2n) is 3.34. The normalized spacial score (nSPS) is 14.2. The first-order valence-electron chi connectivity index (χ1n) is 4.52. The predicted octanol–water partition coefficient (Wildman–Crippen LogP) is 3.00. The molecule has 0 N–H and O–H groups in total. The molecule has 1 aromatic heterocycles. The van der Waals surface area contributed by atoms with E-state index in [4.69, 9.17) is 4.74 Å². The molecule has 0 spiro atoms. The summed E-state index contributed by atoms with van der Waals surface area (Å²) in [5, 5.41) is 0.941. The van der Waals surface area contributed by atoms with E-state index in [1.165, 1.54) is 22.7 Å². The lowest BCUT2D eigenvalue weighted by molar-refractivity contribution is 0.134. The molecular weight excluding hydrogens is 276 g/mol. The van der Waals surface area contributed by atoms with Crippen LogP contribution in [0.3, 0.4) is 0 Å². The molecule has 0 fully saturated rings. The number of fused-ring (bicyclic) bond motifs is 1. The molecule has 76 valence electrons. The van der Waals surface area contributed by atoms with Gasteiger partial charge in [-0.05, 0) is 44.7 Å². The summed E-state index contributed by atoms with van der Waals surface area (Å²) in [5.41, 5.74) is 3.66. The zero-order valence-corrected chi connectivity index (χ0v) is 10.1. The van der Waals surface area contributed by atoms with Crippen LogP contribution in [-0.4, -0.2) is 9.36 Å². The third-order valence-corrected chi connectivity index (χ3v) is 3.72. The summed E-state index contributed by atoms with van der Waals surface area (Å²) in [6.45, 7) is 1.44. The summed E-state index contributed by atoms with van der Waals surface area (Å²) in [5.74, 6) is 0. The Morgan fingerprint density at radius 2 is 2.13 bits per heavy atom. The first-order valence-corrected chi connectivity index (χ1v) is 6.09. The van der Waals surface area contributed by atoms with Crippen molar-refractivity contribution in [3.05, 3.63) is 34.1 Å². The van der Waals surface area contributed by atoms with Crippen LogP contribution in [0.5, 0.6) is 0 Å². The van der Waals surface area contributed by atoms with Gasteiger partial charge in [-0.25, -0.2) is 4.98 Å². The van der Waals surface area contributed by atoms with Gasteiger partial charge < -0.3 is 4.74 Å². The van der Waals surface area contributed by atoms with E-state index in [1.54, 1.807) is 0 Å². The van der Waals surface area contributed by atoms with Crippen molar-refractivity contribution in [3.8, 4) is 10.6 Å². The lowest BCUT2D eigenvalue weighted by Gasteiger charge is -1.99. The fraction of sp³-hybridized carbons (Fsp3) is 0.200. The molecule has 5 heteroatoms. The van der Waals surface area contributed by atoms with Gasteiger partial charge >= 0.3 is 0 Å². The summed E-state index contributed by atoms with van der Waals surface area (Å²) in [6, 6.07) is 6.31. The molecule has 2 heterocycles.